The zero-order chi connectivity index (χ0) is 9.26. The van der Waals surface area contributed by atoms with Crippen LogP contribution in [0.2, 0.25) is 5.15 Å². The van der Waals surface area contributed by atoms with E-state index in [0.717, 1.165) is 0 Å². The Labute approximate surface area is 80.2 Å². The lowest BCUT2D eigenvalue weighted by Gasteiger charge is -2.02. The van der Waals surface area contributed by atoms with E-state index in [1.54, 1.807) is 30.5 Å². The highest BCUT2D eigenvalue weighted by Crippen LogP contribution is 2.20. The molecule has 0 aliphatic heterocycles. The first-order valence-electron chi connectivity index (χ1n) is 3.77. The van der Waals surface area contributed by atoms with Gasteiger partial charge in [-0.25, -0.2) is 4.68 Å². The molecule has 2 aromatic rings. The van der Waals surface area contributed by atoms with Gasteiger partial charge in [0.1, 0.15) is 11.4 Å². The number of halogens is 1. The minimum atomic E-state index is 0.183. The van der Waals surface area contributed by atoms with E-state index < -0.39 is 0 Å². The summed E-state index contributed by atoms with van der Waals surface area (Å²) < 4.78 is 1.53. The lowest BCUT2D eigenvalue weighted by molar-refractivity contribution is 0.470. The van der Waals surface area contributed by atoms with E-state index >= 15 is 0 Å². The molecule has 4 heteroatoms. The fourth-order valence-corrected chi connectivity index (χ4v) is 1.23. The smallest absolute Gasteiger partial charge is 0.151 e. The van der Waals surface area contributed by atoms with Gasteiger partial charge in [-0.05, 0) is 18.2 Å². The predicted octanol–water partition coefficient (Wildman–Crippen LogP) is 2.23. The van der Waals surface area contributed by atoms with Crippen LogP contribution in [0.3, 0.4) is 0 Å². The number of hydrogen-bond acceptors (Lipinski definition) is 2. The van der Waals surface area contributed by atoms with Crippen molar-refractivity contribution >= 4 is 11.6 Å². The van der Waals surface area contributed by atoms with E-state index in [9.17, 15) is 5.11 Å². The quantitative estimate of drug-likeness (QED) is 0.756. The Morgan fingerprint density at radius 2 is 2.00 bits per heavy atom. The third-order valence-corrected chi connectivity index (χ3v) is 1.89. The summed E-state index contributed by atoms with van der Waals surface area (Å²) in [6, 6.07) is 8.60. The van der Waals surface area contributed by atoms with Crippen LogP contribution in [0, 0.1) is 0 Å². The van der Waals surface area contributed by atoms with Gasteiger partial charge in [-0.15, -0.1) is 0 Å². The van der Waals surface area contributed by atoms with Gasteiger partial charge in [-0.1, -0.05) is 23.7 Å². The second-order valence-electron chi connectivity index (χ2n) is 2.57. The van der Waals surface area contributed by atoms with E-state index in [1.165, 1.54) is 4.68 Å². The van der Waals surface area contributed by atoms with Crippen LogP contribution in [0.15, 0.2) is 36.5 Å². The van der Waals surface area contributed by atoms with Crippen LogP contribution in [-0.4, -0.2) is 14.9 Å². The van der Waals surface area contributed by atoms with Crippen LogP contribution in [0.25, 0.3) is 5.69 Å². The second kappa shape index (κ2) is 3.11. The van der Waals surface area contributed by atoms with Gasteiger partial charge in [-0.3, -0.25) is 0 Å². The van der Waals surface area contributed by atoms with Gasteiger partial charge in [0.25, 0.3) is 0 Å². The molecule has 1 aromatic heterocycles. The summed E-state index contributed by atoms with van der Waals surface area (Å²) in [6.07, 6.45) is 1.69. The number of hydrogen-bond donors (Lipinski definition) is 1. The van der Waals surface area contributed by atoms with Crippen LogP contribution >= 0.6 is 11.6 Å². The van der Waals surface area contributed by atoms with Gasteiger partial charge < -0.3 is 5.11 Å². The normalized spacial score (nSPS) is 10.2. The molecule has 0 unspecified atom stereocenters. The van der Waals surface area contributed by atoms with Crippen LogP contribution in [0.4, 0.5) is 0 Å². The lowest BCUT2D eigenvalue weighted by Crippen LogP contribution is -1.93. The largest absolute Gasteiger partial charge is 0.506 e. The number of benzene rings is 1. The minimum absolute atomic E-state index is 0.183. The van der Waals surface area contributed by atoms with E-state index in [1.807, 2.05) is 6.07 Å². The number of rotatable bonds is 1. The summed E-state index contributed by atoms with van der Waals surface area (Å²) in [5.74, 6) is 0.183. The van der Waals surface area contributed by atoms with Crippen molar-refractivity contribution in [3.63, 3.8) is 0 Å². The molecule has 0 spiro atoms. The molecule has 3 nitrogen and oxygen atoms in total. The van der Waals surface area contributed by atoms with Crippen molar-refractivity contribution < 1.29 is 5.11 Å². The molecule has 0 bridgehead atoms. The summed E-state index contributed by atoms with van der Waals surface area (Å²) in [5.41, 5.74) is 0.620. The number of aromatic hydroxyl groups is 1. The van der Waals surface area contributed by atoms with E-state index in [0.29, 0.717) is 10.8 Å². The third-order valence-electron chi connectivity index (χ3n) is 1.69. The van der Waals surface area contributed by atoms with Gasteiger partial charge in [0.2, 0.25) is 0 Å². The molecule has 0 aliphatic rings. The van der Waals surface area contributed by atoms with Crippen LogP contribution in [0.5, 0.6) is 5.75 Å². The summed E-state index contributed by atoms with van der Waals surface area (Å²) in [6.45, 7) is 0. The topological polar surface area (TPSA) is 38.0 Å². The molecule has 2 rings (SSSR count). The summed E-state index contributed by atoms with van der Waals surface area (Å²) in [5, 5.41) is 13.8. The minimum Gasteiger partial charge on any atom is -0.506 e. The molecule has 0 amide bonds. The van der Waals surface area contributed by atoms with E-state index in [4.69, 9.17) is 11.6 Å². The predicted molar refractivity (Wildman–Crippen MR) is 50.2 cm³/mol. The highest BCUT2D eigenvalue weighted by Gasteiger charge is 2.02. The molecular weight excluding hydrogens is 188 g/mol. The Morgan fingerprint density at radius 3 is 2.62 bits per heavy atom. The number of phenols is 1. The zero-order valence-corrected chi connectivity index (χ0v) is 7.44. The molecule has 1 N–H and O–H groups in total. The van der Waals surface area contributed by atoms with Gasteiger partial charge in [-0.2, -0.15) is 5.10 Å². The second-order valence-corrected chi connectivity index (χ2v) is 2.96. The van der Waals surface area contributed by atoms with Gasteiger partial charge in [0.05, 0.1) is 0 Å². The molecule has 0 radical (unpaired) electrons. The van der Waals surface area contributed by atoms with Crippen molar-refractivity contribution in [1.82, 2.24) is 9.78 Å². The maximum Gasteiger partial charge on any atom is 0.151 e. The molecule has 1 aromatic carbocycles. The monoisotopic (exact) mass is 194 g/mol. The number of nitrogens with zero attached hydrogens (tertiary/aromatic N) is 2. The first-order chi connectivity index (χ1) is 6.27. The fraction of sp³-hybridized carbons (Fsp3) is 0. The zero-order valence-electron chi connectivity index (χ0n) is 6.68. The van der Waals surface area contributed by atoms with Gasteiger partial charge in [0, 0.05) is 6.20 Å². The Balaban J connectivity index is 2.52. The van der Waals surface area contributed by atoms with Crippen molar-refractivity contribution in [2.45, 2.75) is 0 Å². The summed E-state index contributed by atoms with van der Waals surface area (Å²) in [7, 11) is 0. The first kappa shape index (κ1) is 8.13. The summed E-state index contributed by atoms with van der Waals surface area (Å²) in [4.78, 5) is 0. The molecule has 0 aliphatic carbocycles. The maximum absolute atomic E-state index is 9.47. The van der Waals surface area contributed by atoms with E-state index in [2.05, 4.69) is 5.10 Å². The molecule has 1 heterocycles. The van der Waals surface area contributed by atoms with Crippen molar-refractivity contribution in [3.8, 4) is 11.4 Å². The van der Waals surface area contributed by atoms with Crippen molar-refractivity contribution in [2.75, 3.05) is 0 Å². The van der Waals surface area contributed by atoms with E-state index in [-0.39, 0.29) is 5.75 Å². The average molecular weight is 195 g/mol. The molecular formula is C9H7ClN2O. The lowest BCUT2D eigenvalue weighted by atomic mass is 10.3. The Kier molecular flexibility index (Phi) is 1.94. The molecule has 0 fully saturated rings. The molecule has 13 heavy (non-hydrogen) atoms. The fourth-order valence-electron chi connectivity index (χ4n) is 1.09. The highest BCUT2D eigenvalue weighted by molar-refractivity contribution is 6.29. The first-order valence-corrected chi connectivity index (χ1v) is 4.15. The van der Waals surface area contributed by atoms with Crippen molar-refractivity contribution in [1.29, 1.82) is 0 Å². The summed E-state index contributed by atoms with van der Waals surface area (Å²) >= 11 is 5.65. The number of aromatic nitrogens is 2. The Morgan fingerprint density at radius 1 is 1.23 bits per heavy atom. The highest BCUT2D eigenvalue weighted by atomic mass is 35.5. The van der Waals surface area contributed by atoms with Crippen LogP contribution < -0.4 is 0 Å². The average Bonchev–Trinajstić information content (AvgIpc) is 2.53. The van der Waals surface area contributed by atoms with Gasteiger partial charge in [0.15, 0.2) is 5.15 Å². The number of para-hydroxylation sites is 2. The maximum atomic E-state index is 9.47. The van der Waals surface area contributed by atoms with Gasteiger partial charge >= 0.3 is 0 Å². The van der Waals surface area contributed by atoms with Crippen molar-refractivity contribution in [3.05, 3.63) is 41.7 Å². The Hall–Kier alpha value is -1.48. The molecule has 66 valence electrons. The van der Waals surface area contributed by atoms with Crippen LogP contribution in [-0.2, 0) is 0 Å². The molecule has 0 atom stereocenters. The SMILES string of the molecule is Oc1ccccc1-n1ccc(Cl)n1. The van der Waals surface area contributed by atoms with Crippen molar-refractivity contribution in [2.24, 2.45) is 0 Å². The molecule has 0 saturated carbocycles. The Bertz CT molecular complexity index is 425. The van der Waals surface area contributed by atoms with Crippen LogP contribution in [0.1, 0.15) is 0 Å². The standard InChI is InChI=1S/C9H7ClN2O/c10-9-5-6-12(11-9)7-3-1-2-4-8(7)13/h1-6,13H. The molecule has 0 saturated heterocycles. The number of phenolic OH excluding ortho intramolecular Hbond substituents is 1. The third kappa shape index (κ3) is 1.51.